The van der Waals surface area contributed by atoms with E-state index in [1.54, 1.807) is 7.11 Å². The van der Waals surface area contributed by atoms with Gasteiger partial charge in [-0.05, 0) is 44.6 Å². The molecule has 0 aliphatic heterocycles. The van der Waals surface area contributed by atoms with Gasteiger partial charge in [-0.2, -0.15) is 0 Å². The van der Waals surface area contributed by atoms with E-state index >= 15 is 0 Å². The zero-order chi connectivity index (χ0) is 13.2. The summed E-state index contributed by atoms with van der Waals surface area (Å²) in [5, 5.41) is 3.49. The third kappa shape index (κ3) is 5.68. The van der Waals surface area contributed by atoms with Crippen LogP contribution in [0.2, 0.25) is 0 Å². The molecule has 0 amide bonds. The Balaban J connectivity index is 2.24. The van der Waals surface area contributed by atoms with Gasteiger partial charge in [-0.25, -0.2) is 0 Å². The molecule has 1 fully saturated rings. The van der Waals surface area contributed by atoms with Gasteiger partial charge in [0.15, 0.2) is 0 Å². The standard InChI is InChI=1S/C15H31NO2/c1-4-5-13-6-7-15(16-2)14(12-13)8-9-18-11-10-17-3/h13-16H,4-12H2,1-3H3. The minimum Gasteiger partial charge on any atom is -0.382 e. The zero-order valence-corrected chi connectivity index (χ0v) is 12.4. The molecule has 3 atom stereocenters. The summed E-state index contributed by atoms with van der Waals surface area (Å²) >= 11 is 0. The molecule has 1 saturated carbocycles. The molecule has 3 unspecified atom stereocenters. The van der Waals surface area contributed by atoms with Crippen molar-refractivity contribution in [1.29, 1.82) is 0 Å². The highest BCUT2D eigenvalue weighted by Gasteiger charge is 2.28. The predicted molar refractivity (Wildman–Crippen MR) is 75.9 cm³/mol. The SMILES string of the molecule is CCCC1CCC(NC)C(CCOCCOC)C1. The van der Waals surface area contributed by atoms with E-state index in [2.05, 4.69) is 19.3 Å². The second-order valence-electron chi connectivity index (χ2n) is 5.52. The van der Waals surface area contributed by atoms with Crippen LogP contribution in [-0.2, 0) is 9.47 Å². The van der Waals surface area contributed by atoms with Crippen LogP contribution in [0.5, 0.6) is 0 Å². The molecular weight excluding hydrogens is 226 g/mol. The quantitative estimate of drug-likeness (QED) is 0.644. The van der Waals surface area contributed by atoms with E-state index in [1.165, 1.54) is 38.5 Å². The van der Waals surface area contributed by atoms with E-state index in [0.717, 1.165) is 25.0 Å². The summed E-state index contributed by atoms with van der Waals surface area (Å²) in [7, 11) is 3.82. The topological polar surface area (TPSA) is 30.5 Å². The third-order valence-corrected chi connectivity index (χ3v) is 4.22. The zero-order valence-electron chi connectivity index (χ0n) is 12.4. The van der Waals surface area contributed by atoms with E-state index in [0.29, 0.717) is 12.6 Å². The Bertz CT molecular complexity index is 199. The van der Waals surface area contributed by atoms with Gasteiger partial charge in [0, 0.05) is 19.8 Å². The molecule has 1 rings (SSSR count). The van der Waals surface area contributed by atoms with Crippen LogP contribution in [0.25, 0.3) is 0 Å². The van der Waals surface area contributed by atoms with Gasteiger partial charge in [-0.15, -0.1) is 0 Å². The maximum atomic E-state index is 5.61. The summed E-state index contributed by atoms with van der Waals surface area (Å²) in [5.41, 5.74) is 0. The minimum absolute atomic E-state index is 0.698. The maximum absolute atomic E-state index is 5.61. The first-order valence-electron chi connectivity index (χ1n) is 7.55. The minimum atomic E-state index is 0.698. The van der Waals surface area contributed by atoms with Gasteiger partial charge in [0.2, 0.25) is 0 Å². The Morgan fingerprint density at radius 1 is 1.11 bits per heavy atom. The highest BCUT2D eigenvalue weighted by atomic mass is 16.5. The fourth-order valence-corrected chi connectivity index (χ4v) is 3.21. The van der Waals surface area contributed by atoms with Gasteiger partial charge in [-0.3, -0.25) is 0 Å². The summed E-state index contributed by atoms with van der Waals surface area (Å²) in [6, 6.07) is 0.698. The van der Waals surface area contributed by atoms with Gasteiger partial charge < -0.3 is 14.8 Å². The van der Waals surface area contributed by atoms with Crippen LogP contribution in [0, 0.1) is 11.8 Å². The monoisotopic (exact) mass is 257 g/mol. The lowest BCUT2D eigenvalue weighted by Gasteiger charge is -2.36. The molecular formula is C15H31NO2. The number of hydrogen-bond donors (Lipinski definition) is 1. The van der Waals surface area contributed by atoms with Crippen LogP contribution in [-0.4, -0.2) is 40.0 Å². The van der Waals surface area contributed by atoms with Crippen molar-refractivity contribution in [1.82, 2.24) is 5.32 Å². The molecule has 0 spiro atoms. The molecule has 1 aliphatic rings. The van der Waals surface area contributed by atoms with Crippen LogP contribution in [0.4, 0.5) is 0 Å². The Hall–Kier alpha value is -0.120. The number of rotatable bonds is 9. The Morgan fingerprint density at radius 3 is 2.61 bits per heavy atom. The van der Waals surface area contributed by atoms with Gasteiger partial charge in [0.05, 0.1) is 13.2 Å². The molecule has 0 radical (unpaired) electrons. The largest absolute Gasteiger partial charge is 0.382 e. The average molecular weight is 257 g/mol. The van der Waals surface area contributed by atoms with E-state index in [-0.39, 0.29) is 0 Å². The summed E-state index contributed by atoms with van der Waals surface area (Å²) in [6.07, 6.45) is 8.04. The van der Waals surface area contributed by atoms with Crippen LogP contribution < -0.4 is 5.32 Å². The van der Waals surface area contributed by atoms with Gasteiger partial charge in [0.1, 0.15) is 0 Å². The second-order valence-corrected chi connectivity index (χ2v) is 5.52. The van der Waals surface area contributed by atoms with Crippen LogP contribution in [0.1, 0.15) is 45.4 Å². The fraction of sp³-hybridized carbons (Fsp3) is 1.00. The summed E-state index contributed by atoms with van der Waals surface area (Å²) in [4.78, 5) is 0. The van der Waals surface area contributed by atoms with Crippen LogP contribution in [0.15, 0.2) is 0 Å². The fourth-order valence-electron chi connectivity index (χ4n) is 3.21. The molecule has 0 aromatic carbocycles. The molecule has 1 N–H and O–H groups in total. The van der Waals surface area contributed by atoms with Crippen molar-refractivity contribution in [2.45, 2.75) is 51.5 Å². The lowest BCUT2D eigenvalue weighted by atomic mass is 9.75. The third-order valence-electron chi connectivity index (χ3n) is 4.22. The van der Waals surface area contributed by atoms with Crippen LogP contribution in [0.3, 0.4) is 0 Å². The van der Waals surface area contributed by atoms with E-state index in [1.807, 2.05) is 0 Å². The lowest BCUT2D eigenvalue weighted by molar-refractivity contribution is 0.0547. The van der Waals surface area contributed by atoms with E-state index < -0.39 is 0 Å². The number of methoxy groups -OCH3 is 1. The molecule has 108 valence electrons. The number of ether oxygens (including phenoxy) is 2. The summed E-state index contributed by atoms with van der Waals surface area (Å²) < 4.78 is 10.6. The van der Waals surface area contributed by atoms with E-state index in [4.69, 9.17) is 9.47 Å². The highest BCUT2D eigenvalue weighted by molar-refractivity contribution is 4.83. The Kier molecular flexibility index (Phi) is 8.64. The average Bonchev–Trinajstić information content (AvgIpc) is 2.39. The van der Waals surface area contributed by atoms with Crippen molar-refractivity contribution in [3.8, 4) is 0 Å². The van der Waals surface area contributed by atoms with Crippen molar-refractivity contribution in [2.24, 2.45) is 11.8 Å². The first kappa shape index (κ1) is 15.9. The molecule has 3 heteroatoms. The normalized spacial score (nSPS) is 28.5. The Labute approximate surface area is 113 Å². The molecule has 3 nitrogen and oxygen atoms in total. The summed E-state index contributed by atoms with van der Waals surface area (Å²) in [5.74, 6) is 1.74. The first-order chi connectivity index (χ1) is 8.81. The van der Waals surface area contributed by atoms with E-state index in [9.17, 15) is 0 Å². The predicted octanol–water partition coefficient (Wildman–Crippen LogP) is 2.84. The molecule has 0 heterocycles. The smallest absolute Gasteiger partial charge is 0.0700 e. The molecule has 0 saturated heterocycles. The van der Waals surface area contributed by atoms with Crippen molar-refractivity contribution in [3.05, 3.63) is 0 Å². The molecule has 0 aromatic rings. The van der Waals surface area contributed by atoms with Crippen molar-refractivity contribution in [3.63, 3.8) is 0 Å². The van der Waals surface area contributed by atoms with Crippen LogP contribution >= 0.6 is 0 Å². The van der Waals surface area contributed by atoms with Crippen molar-refractivity contribution >= 4 is 0 Å². The number of nitrogens with one attached hydrogen (secondary N) is 1. The highest BCUT2D eigenvalue weighted by Crippen LogP contribution is 2.33. The van der Waals surface area contributed by atoms with Gasteiger partial charge >= 0.3 is 0 Å². The summed E-state index contributed by atoms with van der Waals surface area (Å²) in [6.45, 7) is 4.61. The molecule has 0 aromatic heterocycles. The van der Waals surface area contributed by atoms with Crippen molar-refractivity contribution < 1.29 is 9.47 Å². The number of hydrogen-bond acceptors (Lipinski definition) is 3. The lowest BCUT2D eigenvalue weighted by Crippen LogP contribution is -2.39. The molecule has 18 heavy (non-hydrogen) atoms. The maximum Gasteiger partial charge on any atom is 0.0700 e. The second kappa shape index (κ2) is 9.76. The molecule has 1 aliphatic carbocycles. The molecule has 0 bridgehead atoms. The van der Waals surface area contributed by atoms with Gasteiger partial charge in [0.25, 0.3) is 0 Å². The van der Waals surface area contributed by atoms with Crippen molar-refractivity contribution in [2.75, 3.05) is 34.0 Å². The van der Waals surface area contributed by atoms with Gasteiger partial charge in [-0.1, -0.05) is 19.8 Å². The Morgan fingerprint density at radius 2 is 1.94 bits per heavy atom. The first-order valence-corrected chi connectivity index (χ1v) is 7.55.